The van der Waals surface area contributed by atoms with Gasteiger partial charge in [0.05, 0.1) is 11.2 Å². The van der Waals surface area contributed by atoms with E-state index >= 15 is 0 Å². The van der Waals surface area contributed by atoms with Gasteiger partial charge in [-0.2, -0.15) is 0 Å². The quantitative estimate of drug-likeness (QED) is 0.876. The molecule has 3 rings (SSSR count). The SMILES string of the molecule is CC1(C)OB(c2ccccc2OCc2ccc(O)cc2)OC1(C)C. The fraction of sp³-hybridized carbons (Fsp3) is 0.368. The lowest BCUT2D eigenvalue weighted by molar-refractivity contribution is 0.00578. The third-order valence-corrected chi connectivity index (χ3v) is 4.76. The molecule has 126 valence electrons. The van der Waals surface area contributed by atoms with Crippen LogP contribution in [0.4, 0.5) is 0 Å². The number of ether oxygens (including phenoxy) is 1. The van der Waals surface area contributed by atoms with E-state index in [9.17, 15) is 5.11 Å². The zero-order valence-electron chi connectivity index (χ0n) is 14.6. The van der Waals surface area contributed by atoms with E-state index in [1.807, 2.05) is 64.1 Å². The van der Waals surface area contributed by atoms with Gasteiger partial charge in [0.2, 0.25) is 0 Å². The molecule has 1 aliphatic heterocycles. The molecule has 0 bridgehead atoms. The highest BCUT2D eigenvalue weighted by molar-refractivity contribution is 6.63. The van der Waals surface area contributed by atoms with Gasteiger partial charge in [-0.3, -0.25) is 0 Å². The van der Waals surface area contributed by atoms with E-state index in [-0.39, 0.29) is 17.0 Å². The van der Waals surface area contributed by atoms with Crippen LogP contribution in [-0.4, -0.2) is 23.4 Å². The molecule has 0 aliphatic carbocycles. The Hall–Kier alpha value is -1.98. The first-order valence-corrected chi connectivity index (χ1v) is 8.14. The summed E-state index contributed by atoms with van der Waals surface area (Å²) in [6.07, 6.45) is 0. The van der Waals surface area contributed by atoms with Crippen LogP contribution in [0.5, 0.6) is 11.5 Å². The lowest BCUT2D eigenvalue weighted by Gasteiger charge is -2.32. The number of hydrogen-bond donors (Lipinski definition) is 1. The molecule has 0 radical (unpaired) electrons. The molecule has 1 aliphatic rings. The summed E-state index contributed by atoms with van der Waals surface area (Å²) in [5.74, 6) is 0.987. The summed E-state index contributed by atoms with van der Waals surface area (Å²) in [6, 6.07) is 14.8. The maximum absolute atomic E-state index is 9.35. The van der Waals surface area contributed by atoms with Gasteiger partial charge < -0.3 is 19.2 Å². The molecule has 5 heteroatoms. The first-order valence-electron chi connectivity index (χ1n) is 8.14. The minimum atomic E-state index is -0.453. The summed E-state index contributed by atoms with van der Waals surface area (Å²) in [7, 11) is -0.453. The lowest BCUT2D eigenvalue weighted by Crippen LogP contribution is -2.41. The minimum Gasteiger partial charge on any atom is -0.508 e. The van der Waals surface area contributed by atoms with Crippen LogP contribution in [0.2, 0.25) is 0 Å². The number of rotatable bonds is 4. The van der Waals surface area contributed by atoms with Crippen LogP contribution in [-0.2, 0) is 15.9 Å². The Kier molecular flexibility index (Phi) is 4.32. The predicted octanol–water partition coefficient (Wildman–Crippen LogP) is 3.27. The van der Waals surface area contributed by atoms with Crippen molar-refractivity contribution in [2.75, 3.05) is 0 Å². The van der Waals surface area contributed by atoms with E-state index in [0.717, 1.165) is 16.8 Å². The molecule has 0 spiro atoms. The maximum Gasteiger partial charge on any atom is 0.498 e. The van der Waals surface area contributed by atoms with E-state index in [0.29, 0.717) is 6.61 Å². The Morgan fingerprint density at radius 1 is 0.917 bits per heavy atom. The lowest BCUT2D eigenvalue weighted by atomic mass is 9.78. The molecule has 0 amide bonds. The van der Waals surface area contributed by atoms with Crippen molar-refractivity contribution in [3.8, 4) is 11.5 Å². The second-order valence-corrected chi connectivity index (χ2v) is 7.08. The van der Waals surface area contributed by atoms with Crippen molar-refractivity contribution >= 4 is 12.6 Å². The van der Waals surface area contributed by atoms with Crippen LogP contribution >= 0.6 is 0 Å². The molecule has 0 aromatic heterocycles. The van der Waals surface area contributed by atoms with E-state index in [1.165, 1.54) is 0 Å². The van der Waals surface area contributed by atoms with Crippen molar-refractivity contribution < 1.29 is 19.2 Å². The second-order valence-electron chi connectivity index (χ2n) is 7.08. The van der Waals surface area contributed by atoms with Gasteiger partial charge in [0.25, 0.3) is 0 Å². The normalized spacial score (nSPS) is 18.6. The summed E-state index contributed by atoms with van der Waals surface area (Å²) < 4.78 is 18.2. The second kappa shape index (κ2) is 6.15. The van der Waals surface area contributed by atoms with Crippen LogP contribution in [0.15, 0.2) is 48.5 Å². The number of para-hydroxylation sites is 1. The third-order valence-electron chi connectivity index (χ3n) is 4.76. The molecule has 4 nitrogen and oxygen atoms in total. The van der Waals surface area contributed by atoms with Gasteiger partial charge in [0.15, 0.2) is 0 Å². The van der Waals surface area contributed by atoms with Gasteiger partial charge in [0.1, 0.15) is 18.1 Å². The molecule has 2 aromatic carbocycles. The Morgan fingerprint density at radius 2 is 1.50 bits per heavy atom. The average molecular weight is 326 g/mol. The number of phenolic OH excluding ortho intramolecular Hbond substituents is 1. The molecule has 0 saturated carbocycles. The average Bonchev–Trinajstić information content (AvgIpc) is 2.75. The topological polar surface area (TPSA) is 47.9 Å². The molecule has 24 heavy (non-hydrogen) atoms. The Labute approximate surface area is 143 Å². The summed E-state index contributed by atoms with van der Waals surface area (Å²) >= 11 is 0. The highest BCUT2D eigenvalue weighted by atomic mass is 16.7. The van der Waals surface area contributed by atoms with Gasteiger partial charge in [-0.15, -0.1) is 0 Å². The van der Waals surface area contributed by atoms with Gasteiger partial charge in [-0.1, -0.05) is 30.3 Å². The first kappa shape index (κ1) is 16.9. The smallest absolute Gasteiger partial charge is 0.498 e. The van der Waals surface area contributed by atoms with Gasteiger partial charge >= 0.3 is 7.12 Å². The number of aromatic hydroxyl groups is 1. The monoisotopic (exact) mass is 326 g/mol. The highest BCUT2D eigenvalue weighted by Gasteiger charge is 2.52. The zero-order chi connectivity index (χ0) is 17.4. The van der Waals surface area contributed by atoms with Crippen LogP contribution in [0.3, 0.4) is 0 Å². The number of hydrogen-bond acceptors (Lipinski definition) is 4. The van der Waals surface area contributed by atoms with Crippen molar-refractivity contribution in [2.45, 2.75) is 45.5 Å². The Bertz CT molecular complexity index is 694. The summed E-state index contributed by atoms with van der Waals surface area (Å²) in [5.41, 5.74) is 1.09. The molecular formula is C19H23BO4. The van der Waals surface area contributed by atoms with Gasteiger partial charge in [-0.25, -0.2) is 0 Å². The van der Waals surface area contributed by atoms with Gasteiger partial charge in [0, 0.05) is 5.46 Å². The fourth-order valence-corrected chi connectivity index (χ4v) is 2.53. The predicted molar refractivity (Wildman–Crippen MR) is 94.6 cm³/mol. The van der Waals surface area contributed by atoms with Crippen molar-refractivity contribution in [1.29, 1.82) is 0 Å². The zero-order valence-corrected chi connectivity index (χ0v) is 14.6. The summed E-state index contributed by atoms with van der Waals surface area (Å²) in [4.78, 5) is 0. The Balaban J connectivity index is 1.78. The third kappa shape index (κ3) is 3.28. The standard InChI is InChI=1S/C19H23BO4/c1-18(2)19(3,4)24-20(23-18)16-7-5-6-8-17(16)22-13-14-9-11-15(21)12-10-14/h5-12,21H,13H2,1-4H3. The molecule has 1 heterocycles. The molecule has 1 N–H and O–H groups in total. The van der Waals surface area contributed by atoms with Crippen molar-refractivity contribution in [3.05, 3.63) is 54.1 Å². The molecule has 1 saturated heterocycles. The van der Waals surface area contributed by atoms with Crippen molar-refractivity contribution in [2.24, 2.45) is 0 Å². The highest BCUT2D eigenvalue weighted by Crippen LogP contribution is 2.37. The van der Waals surface area contributed by atoms with E-state index in [2.05, 4.69) is 0 Å². The van der Waals surface area contributed by atoms with Crippen LogP contribution in [0.1, 0.15) is 33.3 Å². The number of benzene rings is 2. The summed E-state index contributed by atoms with van der Waals surface area (Å²) in [6.45, 7) is 8.55. The van der Waals surface area contributed by atoms with E-state index < -0.39 is 7.12 Å². The molecular weight excluding hydrogens is 303 g/mol. The molecule has 1 fully saturated rings. The Morgan fingerprint density at radius 3 is 2.12 bits per heavy atom. The van der Waals surface area contributed by atoms with Crippen molar-refractivity contribution in [3.63, 3.8) is 0 Å². The largest absolute Gasteiger partial charge is 0.508 e. The van der Waals surface area contributed by atoms with Crippen LogP contribution in [0.25, 0.3) is 0 Å². The summed E-state index contributed by atoms with van der Waals surface area (Å²) in [5, 5.41) is 9.35. The van der Waals surface area contributed by atoms with E-state index in [4.69, 9.17) is 14.0 Å². The number of phenols is 1. The minimum absolute atomic E-state index is 0.247. The molecule has 2 aromatic rings. The fourth-order valence-electron chi connectivity index (χ4n) is 2.53. The van der Waals surface area contributed by atoms with E-state index in [1.54, 1.807) is 12.1 Å². The molecule has 0 atom stereocenters. The van der Waals surface area contributed by atoms with Crippen molar-refractivity contribution in [1.82, 2.24) is 0 Å². The molecule has 0 unspecified atom stereocenters. The van der Waals surface area contributed by atoms with Crippen LogP contribution < -0.4 is 10.2 Å². The van der Waals surface area contributed by atoms with Gasteiger partial charge in [-0.05, 0) is 51.5 Å². The van der Waals surface area contributed by atoms with Crippen LogP contribution in [0, 0.1) is 0 Å². The first-order chi connectivity index (χ1) is 11.3. The maximum atomic E-state index is 9.35.